The van der Waals surface area contributed by atoms with Gasteiger partial charge in [0.15, 0.2) is 0 Å². The van der Waals surface area contributed by atoms with Crippen LogP contribution in [-0.4, -0.2) is 9.78 Å². The highest BCUT2D eigenvalue weighted by molar-refractivity contribution is 5.46. The summed E-state index contributed by atoms with van der Waals surface area (Å²) in [6, 6.07) is 2.13. The molecule has 0 bridgehead atoms. The SMILES string of the molecule is Cc1nn(CCCCC#N)c(C)c1N. The Morgan fingerprint density at radius 3 is 2.64 bits per heavy atom. The number of unbranched alkanes of at least 4 members (excludes halogenated alkanes) is 2. The minimum Gasteiger partial charge on any atom is -0.396 e. The van der Waals surface area contributed by atoms with E-state index >= 15 is 0 Å². The lowest BCUT2D eigenvalue weighted by molar-refractivity contribution is 0.547. The molecule has 0 aromatic carbocycles. The first-order chi connectivity index (χ1) is 6.66. The van der Waals surface area contributed by atoms with Gasteiger partial charge in [-0.1, -0.05) is 0 Å². The number of anilines is 1. The third-order valence-electron chi connectivity index (χ3n) is 2.35. The van der Waals surface area contributed by atoms with E-state index in [1.54, 1.807) is 0 Å². The van der Waals surface area contributed by atoms with E-state index in [1.807, 2.05) is 18.5 Å². The number of hydrogen-bond acceptors (Lipinski definition) is 3. The lowest BCUT2D eigenvalue weighted by Gasteiger charge is -2.02. The molecule has 1 aromatic heterocycles. The molecule has 0 radical (unpaired) electrons. The van der Waals surface area contributed by atoms with Crippen molar-refractivity contribution < 1.29 is 0 Å². The van der Waals surface area contributed by atoms with Gasteiger partial charge in [-0.25, -0.2) is 0 Å². The van der Waals surface area contributed by atoms with Crippen LogP contribution in [0, 0.1) is 25.2 Å². The number of nitrogen functional groups attached to an aromatic ring is 1. The number of rotatable bonds is 4. The second kappa shape index (κ2) is 4.66. The van der Waals surface area contributed by atoms with Crippen molar-refractivity contribution in [2.45, 2.75) is 39.7 Å². The molecule has 0 amide bonds. The lowest BCUT2D eigenvalue weighted by Crippen LogP contribution is -2.02. The Morgan fingerprint density at radius 1 is 1.43 bits per heavy atom. The smallest absolute Gasteiger partial charge is 0.0825 e. The molecule has 2 N–H and O–H groups in total. The van der Waals surface area contributed by atoms with E-state index in [2.05, 4.69) is 11.2 Å². The summed E-state index contributed by atoms with van der Waals surface area (Å²) in [7, 11) is 0. The zero-order valence-electron chi connectivity index (χ0n) is 8.75. The van der Waals surface area contributed by atoms with Crippen LogP contribution in [0.5, 0.6) is 0 Å². The molecular formula is C10H16N4. The average Bonchev–Trinajstić information content (AvgIpc) is 2.41. The second-order valence-electron chi connectivity index (χ2n) is 3.42. The minimum absolute atomic E-state index is 0.620. The van der Waals surface area contributed by atoms with Gasteiger partial charge in [0.05, 0.1) is 23.1 Å². The van der Waals surface area contributed by atoms with Gasteiger partial charge < -0.3 is 5.73 Å². The molecule has 1 aromatic rings. The van der Waals surface area contributed by atoms with Gasteiger partial charge in [-0.05, 0) is 26.7 Å². The van der Waals surface area contributed by atoms with E-state index < -0.39 is 0 Å². The highest BCUT2D eigenvalue weighted by Gasteiger charge is 2.06. The third kappa shape index (κ3) is 2.25. The first-order valence-corrected chi connectivity index (χ1v) is 4.83. The van der Waals surface area contributed by atoms with Crippen LogP contribution in [0.3, 0.4) is 0 Å². The Kier molecular flexibility index (Phi) is 3.52. The zero-order chi connectivity index (χ0) is 10.6. The predicted octanol–water partition coefficient (Wildman–Crippen LogP) is 1.78. The van der Waals surface area contributed by atoms with Gasteiger partial charge >= 0.3 is 0 Å². The van der Waals surface area contributed by atoms with Crippen molar-refractivity contribution in [3.05, 3.63) is 11.4 Å². The second-order valence-corrected chi connectivity index (χ2v) is 3.42. The maximum absolute atomic E-state index is 8.37. The minimum atomic E-state index is 0.620. The Bertz CT molecular complexity index is 346. The molecule has 0 aliphatic heterocycles. The first-order valence-electron chi connectivity index (χ1n) is 4.83. The molecule has 0 fully saturated rings. The fraction of sp³-hybridized carbons (Fsp3) is 0.600. The Morgan fingerprint density at radius 2 is 2.14 bits per heavy atom. The molecule has 0 spiro atoms. The van der Waals surface area contributed by atoms with Crippen LogP contribution in [-0.2, 0) is 6.54 Å². The van der Waals surface area contributed by atoms with Crippen LogP contribution in [0.1, 0.15) is 30.7 Å². The van der Waals surface area contributed by atoms with Gasteiger partial charge in [-0.2, -0.15) is 10.4 Å². The zero-order valence-corrected chi connectivity index (χ0v) is 8.75. The van der Waals surface area contributed by atoms with E-state index in [4.69, 9.17) is 11.0 Å². The molecule has 0 saturated carbocycles. The molecule has 1 rings (SSSR count). The number of aryl methyl sites for hydroxylation is 2. The molecule has 14 heavy (non-hydrogen) atoms. The van der Waals surface area contributed by atoms with Crippen molar-refractivity contribution in [3.63, 3.8) is 0 Å². The van der Waals surface area contributed by atoms with Crippen LogP contribution in [0.4, 0.5) is 5.69 Å². The van der Waals surface area contributed by atoms with Crippen molar-refractivity contribution in [1.29, 1.82) is 5.26 Å². The van der Waals surface area contributed by atoms with E-state index in [9.17, 15) is 0 Å². The Hall–Kier alpha value is -1.50. The van der Waals surface area contributed by atoms with Crippen molar-refractivity contribution in [2.24, 2.45) is 0 Å². The normalized spacial score (nSPS) is 10.1. The molecule has 0 unspecified atom stereocenters. The van der Waals surface area contributed by atoms with Crippen LogP contribution < -0.4 is 5.73 Å². The van der Waals surface area contributed by atoms with Gasteiger partial charge in [-0.15, -0.1) is 0 Å². The quantitative estimate of drug-likeness (QED) is 0.739. The van der Waals surface area contributed by atoms with Gasteiger partial charge in [0.25, 0.3) is 0 Å². The van der Waals surface area contributed by atoms with Crippen molar-refractivity contribution >= 4 is 5.69 Å². The average molecular weight is 192 g/mol. The number of nitrogens with zero attached hydrogens (tertiary/aromatic N) is 3. The molecular weight excluding hydrogens is 176 g/mol. The topological polar surface area (TPSA) is 67.6 Å². The summed E-state index contributed by atoms with van der Waals surface area (Å²) in [6.07, 6.45) is 2.53. The predicted molar refractivity (Wildman–Crippen MR) is 55.6 cm³/mol. The Balaban J connectivity index is 2.52. The summed E-state index contributed by atoms with van der Waals surface area (Å²) in [5.74, 6) is 0. The van der Waals surface area contributed by atoms with Crippen molar-refractivity contribution in [2.75, 3.05) is 5.73 Å². The highest BCUT2D eigenvalue weighted by atomic mass is 15.3. The fourth-order valence-corrected chi connectivity index (χ4v) is 1.39. The van der Waals surface area contributed by atoms with E-state index in [1.165, 1.54) is 0 Å². The molecule has 0 aliphatic rings. The number of nitrogens with two attached hydrogens (primary N) is 1. The van der Waals surface area contributed by atoms with E-state index in [-0.39, 0.29) is 0 Å². The molecule has 4 nitrogen and oxygen atoms in total. The van der Waals surface area contributed by atoms with Crippen LogP contribution >= 0.6 is 0 Å². The van der Waals surface area contributed by atoms with Gasteiger partial charge in [0, 0.05) is 13.0 Å². The largest absolute Gasteiger partial charge is 0.396 e. The van der Waals surface area contributed by atoms with Crippen molar-refractivity contribution in [1.82, 2.24) is 9.78 Å². The van der Waals surface area contributed by atoms with E-state index in [0.29, 0.717) is 6.42 Å². The molecule has 76 valence electrons. The Labute approximate surface area is 84.3 Å². The van der Waals surface area contributed by atoms with Crippen LogP contribution in [0.25, 0.3) is 0 Å². The highest BCUT2D eigenvalue weighted by Crippen LogP contribution is 2.15. The summed E-state index contributed by atoms with van der Waals surface area (Å²) in [4.78, 5) is 0. The van der Waals surface area contributed by atoms with Gasteiger partial charge in [-0.3, -0.25) is 4.68 Å². The monoisotopic (exact) mass is 192 g/mol. The fourth-order valence-electron chi connectivity index (χ4n) is 1.39. The maximum Gasteiger partial charge on any atom is 0.0825 e. The molecule has 0 aliphatic carbocycles. The summed E-state index contributed by atoms with van der Waals surface area (Å²) in [6.45, 7) is 4.74. The molecule has 0 saturated heterocycles. The van der Waals surface area contributed by atoms with Crippen molar-refractivity contribution in [3.8, 4) is 6.07 Å². The third-order valence-corrected chi connectivity index (χ3v) is 2.35. The first kappa shape index (κ1) is 10.6. The molecule has 1 heterocycles. The van der Waals surface area contributed by atoms with Gasteiger partial charge in [0.1, 0.15) is 0 Å². The van der Waals surface area contributed by atoms with Crippen LogP contribution in [0.2, 0.25) is 0 Å². The van der Waals surface area contributed by atoms with Crippen LogP contribution in [0.15, 0.2) is 0 Å². The number of aromatic nitrogens is 2. The van der Waals surface area contributed by atoms with E-state index in [0.717, 1.165) is 36.5 Å². The summed E-state index contributed by atoms with van der Waals surface area (Å²) < 4.78 is 1.92. The van der Waals surface area contributed by atoms with Gasteiger partial charge in [0.2, 0.25) is 0 Å². The lowest BCUT2D eigenvalue weighted by atomic mass is 10.2. The molecule has 4 heteroatoms. The molecule has 0 atom stereocenters. The standard InChI is InChI=1S/C10H16N4/c1-8-10(12)9(2)14(13-8)7-5-3-4-6-11/h3-5,7,12H2,1-2H3. The maximum atomic E-state index is 8.37. The summed E-state index contributed by atoms with van der Waals surface area (Å²) >= 11 is 0. The summed E-state index contributed by atoms with van der Waals surface area (Å²) in [5, 5.41) is 12.7. The number of nitriles is 1. The number of hydrogen-bond donors (Lipinski definition) is 1. The summed E-state index contributed by atoms with van der Waals surface area (Å²) in [5.41, 5.74) is 8.50.